The van der Waals surface area contributed by atoms with Gasteiger partial charge in [-0.05, 0) is 37.7 Å². The molecule has 4 N–H and O–H groups in total. The van der Waals surface area contributed by atoms with Gasteiger partial charge in [-0.2, -0.15) is 5.26 Å². The van der Waals surface area contributed by atoms with E-state index in [4.69, 9.17) is 11.5 Å². The summed E-state index contributed by atoms with van der Waals surface area (Å²) in [6.07, 6.45) is 6.76. The zero-order valence-electron chi connectivity index (χ0n) is 13.5. The van der Waals surface area contributed by atoms with Crippen molar-refractivity contribution in [1.29, 1.82) is 5.26 Å². The Morgan fingerprint density at radius 2 is 2.12 bits per heavy atom. The molecule has 1 saturated heterocycles. The minimum Gasteiger partial charge on any atom is -0.383 e. The number of nitrogens with two attached hydrogens (primary N) is 2. The van der Waals surface area contributed by atoms with Crippen LogP contribution >= 0.6 is 11.3 Å². The molecule has 1 fully saturated rings. The van der Waals surface area contributed by atoms with Crippen LogP contribution in [0.3, 0.4) is 0 Å². The molecule has 24 heavy (non-hydrogen) atoms. The van der Waals surface area contributed by atoms with Crippen molar-refractivity contribution in [2.45, 2.75) is 38.1 Å². The molecule has 0 spiro atoms. The number of rotatable bonds is 2. The molecule has 1 unspecified atom stereocenters. The van der Waals surface area contributed by atoms with Gasteiger partial charge in [0.25, 0.3) is 0 Å². The molecule has 1 aliphatic carbocycles. The zero-order chi connectivity index (χ0) is 16.7. The third kappa shape index (κ3) is 2.52. The molecule has 1 aliphatic heterocycles. The predicted octanol–water partition coefficient (Wildman–Crippen LogP) is 2.08. The number of hydrogen-bond donors (Lipinski definition) is 2. The molecule has 0 aromatic carbocycles. The second-order valence-electron chi connectivity index (χ2n) is 6.49. The Bertz CT molecular complexity index is 815. The fourth-order valence-electron chi connectivity index (χ4n) is 3.63. The maximum absolute atomic E-state index is 9.62. The Morgan fingerprint density at radius 3 is 2.88 bits per heavy atom. The van der Waals surface area contributed by atoms with Gasteiger partial charge in [0, 0.05) is 36.6 Å². The van der Waals surface area contributed by atoms with Gasteiger partial charge in [0.1, 0.15) is 17.5 Å². The van der Waals surface area contributed by atoms with Gasteiger partial charge in [0.2, 0.25) is 0 Å². The normalized spacial score (nSPS) is 20.0. The molecule has 1 atom stereocenters. The summed E-state index contributed by atoms with van der Waals surface area (Å²) in [7, 11) is 0. The molecule has 0 amide bonds. The van der Waals surface area contributed by atoms with Crippen molar-refractivity contribution in [3.05, 3.63) is 23.0 Å². The molecule has 2 aliphatic rings. The van der Waals surface area contributed by atoms with Crippen molar-refractivity contribution in [2.75, 3.05) is 23.7 Å². The highest BCUT2D eigenvalue weighted by Gasteiger charge is 2.26. The van der Waals surface area contributed by atoms with Gasteiger partial charge in [-0.15, -0.1) is 0 Å². The third-order valence-corrected chi connectivity index (χ3v) is 5.93. The average Bonchev–Trinajstić information content (AvgIpc) is 3.25. The Kier molecular flexibility index (Phi) is 3.87. The molecule has 7 heteroatoms. The van der Waals surface area contributed by atoms with Crippen molar-refractivity contribution in [3.63, 3.8) is 0 Å². The molecule has 6 nitrogen and oxygen atoms in total. The number of hydrogen-bond acceptors (Lipinski definition) is 7. The number of aromatic nitrogens is 2. The van der Waals surface area contributed by atoms with Crippen molar-refractivity contribution < 1.29 is 0 Å². The standard InChI is InChI=1S/C17H20N6S/c18-8-12-15(11-7-10(19)3-4-13(11)22-16(12)20)14-9-21-17(24-14)23-5-1-2-6-23/h9-10H,1-7,19H2,(H2,20,22). The highest BCUT2D eigenvalue weighted by atomic mass is 32.1. The number of thiazole rings is 1. The van der Waals surface area contributed by atoms with E-state index in [1.54, 1.807) is 11.3 Å². The van der Waals surface area contributed by atoms with Gasteiger partial charge in [-0.1, -0.05) is 11.3 Å². The van der Waals surface area contributed by atoms with Crippen LogP contribution in [-0.4, -0.2) is 29.1 Å². The predicted molar refractivity (Wildman–Crippen MR) is 95.9 cm³/mol. The summed E-state index contributed by atoms with van der Waals surface area (Å²) in [5.41, 5.74) is 15.7. The first-order valence-corrected chi connectivity index (χ1v) is 9.17. The van der Waals surface area contributed by atoms with Crippen LogP contribution in [-0.2, 0) is 12.8 Å². The van der Waals surface area contributed by atoms with E-state index >= 15 is 0 Å². The lowest BCUT2D eigenvalue weighted by Gasteiger charge is -2.24. The second-order valence-corrected chi connectivity index (χ2v) is 7.50. The molecule has 0 bridgehead atoms. The molecule has 2 aromatic rings. The fourth-order valence-corrected chi connectivity index (χ4v) is 4.67. The third-order valence-electron chi connectivity index (χ3n) is 4.86. The monoisotopic (exact) mass is 340 g/mol. The Balaban J connectivity index is 1.84. The molecule has 3 heterocycles. The lowest BCUT2D eigenvalue weighted by molar-refractivity contribution is 0.568. The average molecular weight is 340 g/mol. The van der Waals surface area contributed by atoms with E-state index in [1.165, 1.54) is 12.8 Å². The van der Waals surface area contributed by atoms with E-state index in [0.29, 0.717) is 11.4 Å². The number of aryl methyl sites for hydroxylation is 1. The van der Waals surface area contributed by atoms with Gasteiger partial charge < -0.3 is 16.4 Å². The first-order valence-electron chi connectivity index (χ1n) is 8.35. The summed E-state index contributed by atoms with van der Waals surface area (Å²) < 4.78 is 0. The summed E-state index contributed by atoms with van der Waals surface area (Å²) in [6, 6.07) is 2.35. The number of nitrogens with zero attached hydrogens (tertiary/aromatic N) is 4. The van der Waals surface area contributed by atoms with Crippen molar-refractivity contribution in [3.8, 4) is 16.5 Å². The Hall–Kier alpha value is -2.17. The highest BCUT2D eigenvalue weighted by molar-refractivity contribution is 7.19. The summed E-state index contributed by atoms with van der Waals surface area (Å²) >= 11 is 1.64. The van der Waals surface area contributed by atoms with E-state index in [2.05, 4.69) is 20.9 Å². The van der Waals surface area contributed by atoms with Crippen molar-refractivity contribution >= 4 is 22.3 Å². The van der Waals surface area contributed by atoms with E-state index < -0.39 is 0 Å². The van der Waals surface area contributed by atoms with Gasteiger partial charge >= 0.3 is 0 Å². The van der Waals surface area contributed by atoms with Crippen molar-refractivity contribution in [2.24, 2.45) is 5.73 Å². The lowest BCUT2D eigenvalue weighted by Crippen LogP contribution is -2.29. The first-order chi connectivity index (χ1) is 11.7. The quantitative estimate of drug-likeness (QED) is 0.867. The molecule has 124 valence electrons. The largest absolute Gasteiger partial charge is 0.383 e. The van der Waals surface area contributed by atoms with E-state index in [9.17, 15) is 5.26 Å². The van der Waals surface area contributed by atoms with E-state index in [0.717, 1.165) is 59.2 Å². The Morgan fingerprint density at radius 1 is 1.33 bits per heavy atom. The highest BCUT2D eigenvalue weighted by Crippen LogP contribution is 2.40. The number of nitriles is 1. The molecule has 0 radical (unpaired) electrons. The van der Waals surface area contributed by atoms with Crippen molar-refractivity contribution in [1.82, 2.24) is 9.97 Å². The molecule has 0 saturated carbocycles. The van der Waals surface area contributed by atoms with E-state index in [1.807, 2.05) is 6.20 Å². The number of nitrogen functional groups attached to an aromatic ring is 1. The van der Waals surface area contributed by atoms with Crippen LogP contribution in [0.4, 0.5) is 10.9 Å². The summed E-state index contributed by atoms with van der Waals surface area (Å²) in [5.74, 6) is 0.317. The second kappa shape index (κ2) is 6.04. The van der Waals surface area contributed by atoms with Crippen LogP contribution in [0.2, 0.25) is 0 Å². The number of fused-ring (bicyclic) bond motifs is 1. The smallest absolute Gasteiger partial charge is 0.185 e. The van der Waals surface area contributed by atoms with Crippen LogP contribution in [0, 0.1) is 11.3 Å². The Labute approximate surface area is 145 Å². The van der Waals surface area contributed by atoms with Gasteiger partial charge in [-0.25, -0.2) is 9.97 Å². The van der Waals surface area contributed by atoms with Gasteiger partial charge in [0.15, 0.2) is 5.13 Å². The van der Waals surface area contributed by atoms with Crippen LogP contribution in [0.25, 0.3) is 10.4 Å². The van der Waals surface area contributed by atoms with E-state index in [-0.39, 0.29) is 6.04 Å². The topological polar surface area (TPSA) is 105 Å². The summed E-state index contributed by atoms with van der Waals surface area (Å²) in [6.45, 7) is 2.11. The fraction of sp³-hybridized carbons (Fsp3) is 0.471. The molecule has 2 aromatic heterocycles. The van der Waals surface area contributed by atoms with Crippen LogP contribution < -0.4 is 16.4 Å². The minimum absolute atomic E-state index is 0.110. The summed E-state index contributed by atoms with van der Waals surface area (Å²) in [4.78, 5) is 12.4. The molecule has 4 rings (SSSR count). The SMILES string of the molecule is N#Cc1c(N)nc2c(c1-c1cnc(N3CCCC3)s1)CC(N)CC2. The van der Waals surface area contributed by atoms with Crippen LogP contribution in [0.5, 0.6) is 0 Å². The van der Waals surface area contributed by atoms with Gasteiger partial charge in [0.05, 0.1) is 4.88 Å². The zero-order valence-corrected chi connectivity index (χ0v) is 14.3. The maximum atomic E-state index is 9.62. The van der Waals surface area contributed by atoms with Crippen LogP contribution in [0.1, 0.15) is 36.1 Å². The van der Waals surface area contributed by atoms with Crippen LogP contribution in [0.15, 0.2) is 6.20 Å². The number of anilines is 2. The van der Waals surface area contributed by atoms with Gasteiger partial charge in [-0.3, -0.25) is 0 Å². The first kappa shape index (κ1) is 15.4. The summed E-state index contributed by atoms with van der Waals surface area (Å²) in [5, 5.41) is 10.6. The molecular weight excluding hydrogens is 320 g/mol. The molecular formula is C17H20N6S. The number of pyridine rings is 1. The maximum Gasteiger partial charge on any atom is 0.185 e. The minimum atomic E-state index is 0.110. The lowest BCUT2D eigenvalue weighted by atomic mass is 9.87.